The van der Waals surface area contributed by atoms with Crippen LogP contribution in [0.15, 0.2) is 41.4 Å². The van der Waals surface area contributed by atoms with Crippen molar-refractivity contribution in [2.45, 2.75) is 11.8 Å². The molecule has 1 heterocycles. The zero-order valence-corrected chi connectivity index (χ0v) is 12.4. The second-order valence-corrected chi connectivity index (χ2v) is 6.77. The van der Waals surface area contributed by atoms with E-state index >= 15 is 0 Å². The number of nitrogens with one attached hydrogen (secondary N) is 1. The van der Waals surface area contributed by atoms with Gasteiger partial charge in [0.05, 0.1) is 16.2 Å². The second-order valence-electron chi connectivity index (χ2n) is 4.11. The number of aromatic nitrogens is 1. The first-order chi connectivity index (χ1) is 9.51. The zero-order valence-electron chi connectivity index (χ0n) is 10.8. The maximum Gasteiger partial charge on any atom is 0.180 e. The van der Waals surface area contributed by atoms with Crippen molar-refractivity contribution in [3.8, 4) is 17.2 Å². The van der Waals surface area contributed by atoms with E-state index < -0.39 is 9.84 Å². The lowest BCUT2D eigenvalue weighted by Crippen LogP contribution is -2.08. The van der Waals surface area contributed by atoms with Gasteiger partial charge >= 0.3 is 0 Å². The van der Waals surface area contributed by atoms with Crippen molar-refractivity contribution in [2.75, 3.05) is 5.75 Å². The van der Waals surface area contributed by atoms with Gasteiger partial charge in [0.15, 0.2) is 9.84 Å². The Bertz CT molecular complexity index is 832. The van der Waals surface area contributed by atoms with Crippen LogP contribution in [-0.4, -0.2) is 19.2 Å². The molecule has 0 aliphatic heterocycles. The Hall–Kier alpha value is -1.97. The highest BCUT2D eigenvalue weighted by atomic mass is 32.2. The minimum atomic E-state index is -3.46. The van der Waals surface area contributed by atoms with Crippen LogP contribution in [0.1, 0.15) is 12.5 Å². The molecule has 4 nitrogen and oxygen atoms in total. The average Bonchev–Trinajstić information content (AvgIpc) is 2.47. The summed E-state index contributed by atoms with van der Waals surface area (Å²) < 4.78 is 24.7. The molecule has 0 amide bonds. The predicted molar refractivity (Wildman–Crippen MR) is 79.5 cm³/mol. The van der Waals surface area contributed by atoms with Gasteiger partial charge in [-0.25, -0.2) is 8.42 Å². The largest absolute Gasteiger partial charge is 0.350 e. The van der Waals surface area contributed by atoms with E-state index in [9.17, 15) is 13.7 Å². The number of rotatable bonds is 3. The standard InChI is InChI=1S/C14H12N2O2S2/c1-2-20(17,18)12-9-16-14(19)11(8-15)13(12)10-6-4-3-5-7-10/h3-7,9H,2H2,1H3,(H,16,19). The second kappa shape index (κ2) is 5.57. The first-order valence-corrected chi connectivity index (χ1v) is 8.01. The van der Waals surface area contributed by atoms with Crippen molar-refractivity contribution in [2.24, 2.45) is 0 Å². The van der Waals surface area contributed by atoms with Crippen molar-refractivity contribution >= 4 is 22.1 Å². The van der Waals surface area contributed by atoms with Gasteiger partial charge in [0, 0.05) is 11.8 Å². The highest BCUT2D eigenvalue weighted by Crippen LogP contribution is 2.31. The van der Waals surface area contributed by atoms with Crippen molar-refractivity contribution < 1.29 is 8.42 Å². The van der Waals surface area contributed by atoms with Crippen LogP contribution in [-0.2, 0) is 9.84 Å². The highest BCUT2D eigenvalue weighted by Gasteiger charge is 2.21. The Morgan fingerprint density at radius 2 is 1.95 bits per heavy atom. The first-order valence-electron chi connectivity index (χ1n) is 5.95. The van der Waals surface area contributed by atoms with Crippen LogP contribution in [0.25, 0.3) is 11.1 Å². The molecule has 0 aliphatic carbocycles. The fourth-order valence-electron chi connectivity index (χ4n) is 1.91. The third-order valence-electron chi connectivity index (χ3n) is 2.95. The van der Waals surface area contributed by atoms with E-state index in [4.69, 9.17) is 12.2 Å². The van der Waals surface area contributed by atoms with Gasteiger partial charge in [0.25, 0.3) is 0 Å². The Kier molecular flexibility index (Phi) is 4.02. The predicted octanol–water partition coefficient (Wildman–Crippen LogP) is 3.08. The first kappa shape index (κ1) is 14.4. The summed E-state index contributed by atoms with van der Waals surface area (Å²) in [5.74, 6) is -0.0394. The van der Waals surface area contributed by atoms with Crippen LogP contribution in [0, 0.1) is 16.0 Å². The summed E-state index contributed by atoms with van der Waals surface area (Å²) in [5.41, 5.74) is 1.22. The quantitative estimate of drug-likeness (QED) is 0.884. The van der Waals surface area contributed by atoms with Gasteiger partial charge in [-0.05, 0) is 5.56 Å². The maximum absolute atomic E-state index is 12.2. The maximum atomic E-state index is 12.2. The molecule has 102 valence electrons. The van der Waals surface area contributed by atoms with E-state index in [2.05, 4.69) is 4.98 Å². The van der Waals surface area contributed by atoms with Crippen molar-refractivity contribution in [3.63, 3.8) is 0 Å². The third-order valence-corrected chi connectivity index (χ3v) is 5.02. The molecule has 1 aromatic carbocycles. The van der Waals surface area contributed by atoms with Gasteiger partial charge in [-0.1, -0.05) is 49.5 Å². The molecule has 0 bridgehead atoms. The minimum Gasteiger partial charge on any atom is -0.350 e. The normalized spacial score (nSPS) is 11.0. The third kappa shape index (κ3) is 2.50. The molecule has 6 heteroatoms. The van der Waals surface area contributed by atoms with Crippen molar-refractivity contribution in [1.82, 2.24) is 4.98 Å². The summed E-state index contributed by atoms with van der Waals surface area (Å²) >= 11 is 5.08. The topological polar surface area (TPSA) is 73.7 Å². The molecule has 1 aromatic heterocycles. The molecule has 0 aliphatic rings. The van der Waals surface area contributed by atoms with Crippen LogP contribution in [0.3, 0.4) is 0 Å². The summed E-state index contributed by atoms with van der Waals surface area (Å²) in [6.07, 6.45) is 1.37. The molecule has 0 atom stereocenters. The van der Waals surface area contributed by atoms with Crippen LogP contribution < -0.4 is 0 Å². The van der Waals surface area contributed by atoms with E-state index in [1.807, 2.05) is 12.1 Å². The molecule has 0 saturated heterocycles. The monoisotopic (exact) mass is 304 g/mol. The molecular formula is C14H12N2O2S2. The zero-order chi connectivity index (χ0) is 14.8. The van der Waals surface area contributed by atoms with Crippen LogP contribution in [0.2, 0.25) is 0 Å². The molecule has 0 fully saturated rings. The Morgan fingerprint density at radius 3 is 2.50 bits per heavy atom. The Balaban J connectivity index is 2.93. The van der Waals surface area contributed by atoms with E-state index in [-0.39, 0.29) is 20.9 Å². The molecule has 2 rings (SSSR count). The minimum absolute atomic E-state index is 0.0394. The number of pyridine rings is 1. The number of nitriles is 1. The number of H-pyrrole nitrogens is 1. The van der Waals surface area contributed by atoms with Gasteiger partial charge in [0.2, 0.25) is 0 Å². The summed E-state index contributed by atoms with van der Waals surface area (Å²) in [6, 6.07) is 10.9. The van der Waals surface area contributed by atoms with Gasteiger partial charge in [-0.3, -0.25) is 0 Å². The molecule has 2 aromatic rings. The molecule has 0 spiro atoms. The summed E-state index contributed by atoms with van der Waals surface area (Å²) in [6.45, 7) is 1.57. The molecule has 0 saturated carbocycles. The lowest BCUT2D eigenvalue weighted by Gasteiger charge is -2.11. The molecule has 0 radical (unpaired) electrons. The summed E-state index contributed by atoms with van der Waals surface area (Å²) in [4.78, 5) is 2.79. The number of nitrogens with zero attached hydrogens (tertiary/aromatic N) is 1. The van der Waals surface area contributed by atoms with Crippen LogP contribution >= 0.6 is 12.2 Å². The number of hydrogen-bond donors (Lipinski definition) is 1. The van der Waals surface area contributed by atoms with Gasteiger partial charge in [-0.15, -0.1) is 0 Å². The smallest absolute Gasteiger partial charge is 0.180 e. The molecule has 20 heavy (non-hydrogen) atoms. The van der Waals surface area contributed by atoms with E-state index in [1.165, 1.54) is 6.20 Å². The fraction of sp³-hybridized carbons (Fsp3) is 0.143. The Labute approximate surface area is 122 Å². The fourth-order valence-corrected chi connectivity index (χ4v) is 3.20. The Morgan fingerprint density at radius 1 is 1.30 bits per heavy atom. The number of hydrogen-bond acceptors (Lipinski definition) is 4. The van der Waals surface area contributed by atoms with Gasteiger partial charge < -0.3 is 4.98 Å². The van der Waals surface area contributed by atoms with E-state index in [0.29, 0.717) is 11.1 Å². The van der Waals surface area contributed by atoms with Gasteiger partial charge in [0.1, 0.15) is 10.7 Å². The number of benzene rings is 1. The lowest BCUT2D eigenvalue weighted by atomic mass is 10.0. The summed E-state index contributed by atoms with van der Waals surface area (Å²) in [7, 11) is -3.46. The lowest BCUT2D eigenvalue weighted by molar-refractivity contribution is 0.597. The molecular weight excluding hydrogens is 292 g/mol. The number of aromatic amines is 1. The molecule has 0 unspecified atom stereocenters. The van der Waals surface area contributed by atoms with E-state index in [1.54, 1.807) is 31.2 Å². The van der Waals surface area contributed by atoms with Crippen molar-refractivity contribution in [1.29, 1.82) is 5.26 Å². The van der Waals surface area contributed by atoms with Gasteiger partial charge in [-0.2, -0.15) is 5.26 Å². The average molecular weight is 304 g/mol. The van der Waals surface area contributed by atoms with Crippen molar-refractivity contribution in [3.05, 3.63) is 46.7 Å². The SMILES string of the molecule is CCS(=O)(=O)c1c[nH]c(=S)c(C#N)c1-c1ccccc1. The molecule has 1 N–H and O–H groups in total. The number of sulfone groups is 1. The highest BCUT2D eigenvalue weighted by molar-refractivity contribution is 7.91. The summed E-state index contributed by atoms with van der Waals surface area (Å²) in [5, 5.41) is 9.29. The van der Waals surface area contributed by atoms with Crippen LogP contribution in [0.4, 0.5) is 0 Å². The van der Waals surface area contributed by atoms with Crippen LogP contribution in [0.5, 0.6) is 0 Å². The van der Waals surface area contributed by atoms with E-state index in [0.717, 1.165) is 0 Å².